The number of piperidine rings is 1. The Morgan fingerprint density at radius 3 is 2.65 bits per heavy atom. The fourth-order valence-electron chi connectivity index (χ4n) is 5.25. The van der Waals surface area contributed by atoms with Crippen LogP contribution in [0.3, 0.4) is 0 Å². The lowest BCUT2D eigenvalue weighted by molar-refractivity contribution is 0.0547. The number of hydrogen-bond donors (Lipinski definition) is 0. The summed E-state index contributed by atoms with van der Waals surface area (Å²) in [6.45, 7) is 4.54. The Kier molecular flexibility index (Phi) is 5.55. The Bertz CT molecular complexity index is 983. The fraction of sp³-hybridized carbons (Fsp3) is 0.400. The monoisotopic (exact) mass is 416 g/mol. The van der Waals surface area contributed by atoms with E-state index in [1.807, 2.05) is 17.0 Å². The van der Waals surface area contributed by atoms with Crippen molar-refractivity contribution in [1.29, 1.82) is 0 Å². The molecule has 6 heteroatoms. The van der Waals surface area contributed by atoms with Crippen molar-refractivity contribution in [3.63, 3.8) is 0 Å². The molecule has 0 saturated carbocycles. The van der Waals surface area contributed by atoms with Crippen molar-refractivity contribution in [3.05, 3.63) is 84.3 Å². The van der Waals surface area contributed by atoms with Gasteiger partial charge in [-0.15, -0.1) is 0 Å². The summed E-state index contributed by atoms with van der Waals surface area (Å²) in [5.41, 5.74) is 2.14. The van der Waals surface area contributed by atoms with Crippen LogP contribution in [0.15, 0.2) is 71.7 Å². The standard InChI is InChI=1S/C25H28N4O2/c30-24(21-7-4-11-26-17-21)29-14-9-25(10-15-29)19-28(13-8-20-5-2-1-3-6-20)18-22(25)23-27-12-16-31-23/h1-7,11-12,16-17,22H,8-10,13-15,18-19H2. The van der Waals surface area contributed by atoms with Gasteiger partial charge in [-0.1, -0.05) is 30.3 Å². The Balaban J connectivity index is 1.29. The number of oxazole rings is 1. The summed E-state index contributed by atoms with van der Waals surface area (Å²) in [6.07, 6.45) is 9.75. The summed E-state index contributed by atoms with van der Waals surface area (Å²) < 4.78 is 5.77. The maximum absolute atomic E-state index is 12.9. The second-order valence-corrected chi connectivity index (χ2v) is 8.79. The van der Waals surface area contributed by atoms with Crippen molar-refractivity contribution in [1.82, 2.24) is 19.8 Å². The second-order valence-electron chi connectivity index (χ2n) is 8.79. The van der Waals surface area contributed by atoms with Crippen LogP contribution in [0.2, 0.25) is 0 Å². The Morgan fingerprint density at radius 1 is 1.10 bits per heavy atom. The van der Waals surface area contributed by atoms with E-state index in [9.17, 15) is 4.79 Å². The molecule has 6 nitrogen and oxygen atoms in total. The summed E-state index contributed by atoms with van der Waals surface area (Å²) in [4.78, 5) is 26.0. The number of likely N-dealkylation sites (tertiary alicyclic amines) is 2. The largest absolute Gasteiger partial charge is 0.449 e. The van der Waals surface area contributed by atoms with E-state index in [0.717, 1.165) is 57.9 Å². The summed E-state index contributed by atoms with van der Waals surface area (Å²) in [5, 5.41) is 0. The molecule has 1 atom stereocenters. The van der Waals surface area contributed by atoms with E-state index in [1.54, 1.807) is 24.9 Å². The summed E-state index contributed by atoms with van der Waals surface area (Å²) in [6, 6.07) is 14.3. The van der Waals surface area contributed by atoms with Gasteiger partial charge < -0.3 is 14.2 Å². The molecule has 2 aromatic heterocycles. The number of benzene rings is 1. The van der Waals surface area contributed by atoms with Gasteiger partial charge in [0.15, 0.2) is 5.89 Å². The summed E-state index contributed by atoms with van der Waals surface area (Å²) >= 11 is 0. The molecule has 1 spiro atoms. The molecule has 2 saturated heterocycles. The molecule has 0 N–H and O–H groups in total. The van der Waals surface area contributed by atoms with Crippen LogP contribution in [-0.4, -0.2) is 58.4 Å². The molecule has 0 aliphatic carbocycles. The van der Waals surface area contributed by atoms with Crippen molar-refractivity contribution in [2.45, 2.75) is 25.2 Å². The maximum Gasteiger partial charge on any atom is 0.255 e. The molecule has 5 rings (SSSR count). The van der Waals surface area contributed by atoms with Gasteiger partial charge in [0.2, 0.25) is 0 Å². The minimum atomic E-state index is 0.0783. The summed E-state index contributed by atoms with van der Waals surface area (Å²) in [7, 11) is 0. The number of pyridine rings is 1. The molecule has 2 aliphatic rings. The van der Waals surface area contributed by atoms with E-state index >= 15 is 0 Å². The van der Waals surface area contributed by atoms with Crippen molar-refractivity contribution in [2.24, 2.45) is 5.41 Å². The van der Waals surface area contributed by atoms with Crippen molar-refractivity contribution in [3.8, 4) is 0 Å². The van der Waals surface area contributed by atoms with Gasteiger partial charge in [-0.25, -0.2) is 4.98 Å². The topological polar surface area (TPSA) is 62.5 Å². The van der Waals surface area contributed by atoms with Gasteiger partial charge in [-0.2, -0.15) is 0 Å². The maximum atomic E-state index is 12.9. The lowest BCUT2D eigenvalue weighted by atomic mass is 9.70. The van der Waals surface area contributed by atoms with E-state index in [0.29, 0.717) is 5.56 Å². The van der Waals surface area contributed by atoms with Gasteiger partial charge in [0, 0.05) is 45.1 Å². The summed E-state index contributed by atoms with van der Waals surface area (Å²) in [5.74, 6) is 1.19. The smallest absolute Gasteiger partial charge is 0.255 e. The van der Waals surface area contributed by atoms with Gasteiger partial charge in [0.05, 0.1) is 17.7 Å². The molecule has 3 aromatic rings. The van der Waals surface area contributed by atoms with Crippen LogP contribution in [0.25, 0.3) is 0 Å². The third-order valence-electron chi connectivity index (χ3n) is 6.98. The molecule has 1 aromatic carbocycles. The molecular weight excluding hydrogens is 388 g/mol. The normalized spacial score (nSPS) is 20.9. The number of rotatable bonds is 5. The molecular formula is C25H28N4O2. The number of hydrogen-bond acceptors (Lipinski definition) is 5. The van der Waals surface area contributed by atoms with E-state index in [1.165, 1.54) is 5.56 Å². The van der Waals surface area contributed by atoms with E-state index in [2.05, 4.69) is 45.2 Å². The first-order valence-corrected chi connectivity index (χ1v) is 11.1. The highest BCUT2D eigenvalue weighted by molar-refractivity contribution is 5.93. The Labute approximate surface area is 182 Å². The molecule has 160 valence electrons. The average Bonchev–Trinajstić information content (AvgIpc) is 3.47. The van der Waals surface area contributed by atoms with E-state index in [4.69, 9.17) is 4.42 Å². The molecule has 2 fully saturated rings. The third kappa shape index (κ3) is 4.12. The van der Waals surface area contributed by atoms with Gasteiger partial charge in [-0.3, -0.25) is 9.78 Å². The lowest BCUT2D eigenvalue weighted by Gasteiger charge is -2.42. The first kappa shape index (κ1) is 19.9. The fourth-order valence-corrected chi connectivity index (χ4v) is 5.25. The third-order valence-corrected chi connectivity index (χ3v) is 6.98. The molecule has 4 heterocycles. The zero-order chi connectivity index (χ0) is 21.1. The number of carbonyl (C=O) groups is 1. The Hall–Kier alpha value is -2.99. The predicted molar refractivity (Wildman–Crippen MR) is 118 cm³/mol. The first-order valence-electron chi connectivity index (χ1n) is 11.1. The van der Waals surface area contributed by atoms with Crippen LogP contribution in [-0.2, 0) is 6.42 Å². The zero-order valence-electron chi connectivity index (χ0n) is 17.7. The number of nitrogens with zero attached hydrogens (tertiary/aromatic N) is 4. The lowest BCUT2D eigenvalue weighted by Crippen LogP contribution is -2.46. The molecule has 0 radical (unpaired) electrons. The minimum Gasteiger partial charge on any atom is -0.449 e. The second kappa shape index (κ2) is 8.63. The quantitative estimate of drug-likeness (QED) is 0.636. The number of aromatic nitrogens is 2. The highest BCUT2D eigenvalue weighted by atomic mass is 16.3. The molecule has 1 amide bonds. The average molecular weight is 417 g/mol. The van der Waals surface area contributed by atoms with Crippen LogP contribution >= 0.6 is 0 Å². The van der Waals surface area contributed by atoms with Crippen molar-refractivity contribution < 1.29 is 9.21 Å². The first-order chi connectivity index (χ1) is 15.2. The number of carbonyl (C=O) groups excluding carboxylic acids is 1. The number of amides is 1. The SMILES string of the molecule is O=C(c1cccnc1)N1CCC2(CC1)CN(CCc1ccccc1)CC2c1ncco1. The van der Waals surface area contributed by atoms with Gasteiger partial charge in [0.1, 0.15) is 6.26 Å². The molecule has 31 heavy (non-hydrogen) atoms. The van der Waals surface area contributed by atoms with Crippen LogP contribution in [0, 0.1) is 5.41 Å². The van der Waals surface area contributed by atoms with Crippen LogP contribution in [0.1, 0.15) is 40.6 Å². The molecule has 1 unspecified atom stereocenters. The van der Waals surface area contributed by atoms with Crippen LogP contribution < -0.4 is 0 Å². The van der Waals surface area contributed by atoms with Crippen molar-refractivity contribution >= 4 is 5.91 Å². The molecule has 2 aliphatic heterocycles. The molecule has 0 bridgehead atoms. The van der Waals surface area contributed by atoms with E-state index < -0.39 is 0 Å². The predicted octanol–water partition coefficient (Wildman–Crippen LogP) is 3.63. The van der Waals surface area contributed by atoms with E-state index in [-0.39, 0.29) is 17.2 Å². The van der Waals surface area contributed by atoms with Gasteiger partial charge in [-0.05, 0) is 42.4 Å². The minimum absolute atomic E-state index is 0.0783. The van der Waals surface area contributed by atoms with Crippen molar-refractivity contribution in [2.75, 3.05) is 32.7 Å². The van der Waals surface area contributed by atoms with Crippen LogP contribution in [0.5, 0.6) is 0 Å². The highest BCUT2D eigenvalue weighted by Gasteiger charge is 2.50. The highest BCUT2D eigenvalue weighted by Crippen LogP contribution is 2.49. The van der Waals surface area contributed by atoms with Crippen LogP contribution in [0.4, 0.5) is 0 Å². The van der Waals surface area contributed by atoms with Gasteiger partial charge in [0.25, 0.3) is 5.91 Å². The zero-order valence-corrected chi connectivity index (χ0v) is 17.7. The Morgan fingerprint density at radius 2 is 1.94 bits per heavy atom. The van der Waals surface area contributed by atoms with Gasteiger partial charge >= 0.3 is 0 Å².